The van der Waals surface area contributed by atoms with E-state index in [4.69, 9.17) is 5.73 Å². The lowest BCUT2D eigenvalue weighted by molar-refractivity contribution is -0.0893. The molecule has 1 nitrogen and oxygen atoms in total. The van der Waals surface area contributed by atoms with Crippen molar-refractivity contribution in [3.63, 3.8) is 0 Å². The van der Waals surface area contributed by atoms with Gasteiger partial charge in [0.25, 0.3) is 0 Å². The van der Waals surface area contributed by atoms with Gasteiger partial charge in [-0.3, -0.25) is 0 Å². The molecule has 0 aromatic heterocycles. The summed E-state index contributed by atoms with van der Waals surface area (Å²) in [6, 6.07) is 0. The van der Waals surface area contributed by atoms with Gasteiger partial charge in [-0.25, -0.2) is 0 Å². The predicted octanol–water partition coefficient (Wildman–Crippen LogP) is 2.41. The monoisotopic (exact) mass is 179 g/mol. The first-order chi connectivity index (χ1) is 6.22. The molecule has 0 radical (unpaired) electrons. The largest absolute Gasteiger partial charge is 0.330 e. The summed E-state index contributed by atoms with van der Waals surface area (Å²) in [5.74, 6) is 4.47. The Kier molecular flexibility index (Phi) is 1.59. The van der Waals surface area contributed by atoms with Crippen LogP contribution in [0.3, 0.4) is 0 Å². The van der Waals surface area contributed by atoms with Crippen molar-refractivity contribution in [3.05, 3.63) is 0 Å². The molecule has 74 valence electrons. The summed E-state index contributed by atoms with van der Waals surface area (Å²) in [6.07, 6.45) is 7.40. The topological polar surface area (TPSA) is 26.0 Å². The third-order valence-corrected chi connectivity index (χ3v) is 5.21. The Morgan fingerprint density at radius 1 is 1.23 bits per heavy atom. The van der Waals surface area contributed by atoms with Crippen LogP contribution < -0.4 is 5.73 Å². The second-order valence-electron chi connectivity index (χ2n) is 6.09. The highest BCUT2D eigenvalue weighted by atomic mass is 14.7. The first-order valence-electron chi connectivity index (χ1n) is 5.92. The van der Waals surface area contributed by atoms with Crippen molar-refractivity contribution in [1.82, 2.24) is 0 Å². The molecule has 0 aromatic rings. The Morgan fingerprint density at radius 3 is 2.69 bits per heavy atom. The molecule has 5 unspecified atom stereocenters. The number of rotatable bonds is 1. The van der Waals surface area contributed by atoms with Crippen molar-refractivity contribution < 1.29 is 0 Å². The van der Waals surface area contributed by atoms with E-state index in [-0.39, 0.29) is 0 Å². The summed E-state index contributed by atoms with van der Waals surface area (Å²) < 4.78 is 0. The molecule has 2 N–H and O–H groups in total. The molecule has 0 aliphatic heterocycles. The average molecular weight is 179 g/mol. The van der Waals surface area contributed by atoms with Gasteiger partial charge in [0.2, 0.25) is 0 Å². The van der Waals surface area contributed by atoms with Gasteiger partial charge in [-0.05, 0) is 67.7 Å². The maximum atomic E-state index is 5.90. The Labute approximate surface area is 81.1 Å². The van der Waals surface area contributed by atoms with Crippen LogP contribution in [0.5, 0.6) is 0 Å². The summed E-state index contributed by atoms with van der Waals surface area (Å²) in [6.45, 7) is 3.32. The van der Waals surface area contributed by atoms with Gasteiger partial charge in [-0.15, -0.1) is 0 Å². The van der Waals surface area contributed by atoms with Crippen LogP contribution in [0.15, 0.2) is 0 Å². The van der Waals surface area contributed by atoms with Crippen LogP contribution in [-0.4, -0.2) is 6.54 Å². The second kappa shape index (κ2) is 2.50. The minimum absolute atomic E-state index is 0.493. The van der Waals surface area contributed by atoms with Gasteiger partial charge in [-0.1, -0.05) is 6.92 Å². The molecule has 0 spiro atoms. The number of hydrogen-bond donors (Lipinski definition) is 1. The van der Waals surface area contributed by atoms with Crippen molar-refractivity contribution >= 4 is 0 Å². The molecule has 0 aromatic carbocycles. The van der Waals surface area contributed by atoms with Crippen LogP contribution in [0.4, 0.5) is 0 Å². The van der Waals surface area contributed by atoms with Crippen LogP contribution in [0.25, 0.3) is 0 Å². The zero-order valence-corrected chi connectivity index (χ0v) is 8.63. The lowest BCUT2D eigenvalue weighted by atomic mass is 9.47. The summed E-state index contributed by atoms with van der Waals surface area (Å²) in [4.78, 5) is 0. The molecule has 3 fully saturated rings. The Bertz CT molecular complexity index is 225. The highest BCUT2D eigenvalue weighted by molar-refractivity contribution is 5.05. The number of hydrogen-bond acceptors (Lipinski definition) is 1. The molecule has 3 rings (SSSR count). The molecule has 0 bridgehead atoms. The van der Waals surface area contributed by atoms with Crippen molar-refractivity contribution in [1.29, 1.82) is 0 Å². The number of nitrogens with two attached hydrogens (primary N) is 1. The van der Waals surface area contributed by atoms with Crippen molar-refractivity contribution in [3.8, 4) is 0 Å². The Morgan fingerprint density at radius 2 is 2.00 bits per heavy atom. The molecule has 3 aliphatic rings. The molecule has 0 amide bonds. The average Bonchev–Trinajstić information content (AvgIpc) is 2.14. The SMILES string of the molecule is CC1(CN)CCC2CC3CC(C1)C23. The maximum absolute atomic E-state index is 5.90. The molecule has 0 heterocycles. The van der Waals surface area contributed by atoms with Crippen molar-refractivity contribution in [2.24, 2.45) is 34.8 Å². The summed E-state index contributed by atoms with van der Waals surface area (Å²) in [5, 5.41) is 0. The van der Waals surface area contributed by atoms with Gasteiger partial charge in [0, 0.05) is 0 Å². The van der Waals surface area contributed by atoms with Crippen LogP contribution in [-0.2, 0) is 0 Å². The highest BCUT2D eigenvalue weighted by Gasteiger charge is 2.56. The van der Waals surface area contributed by atoms with Crippen molar-refractivity contribution in [2.75, 3.05) is 6.54 Å². The minimum Gasteiger partial charge on any atom is -0.330 e. The summed E-state index contributed by atoms with van der Waals surface area (Å²) in [7, 11) is 0. The zero-order valence-electron chi connectivity index (χ0n) is 8.63. The van der Waals surface area contributed by atoms with E-state index in [1.165, 1.54) is 25.7 Å². The fourth-order valence-corrected chi connectivity index (χ4v) is 4.25. The van der Waals surface area contributed by atoms with E-state index in [0.717, 1.165) is 30.2 Å². The van der Waals surface area contributed by atoms with Gasteiger partial charge in [0.15, 0.2) is 0 Å². The third kappa shape index (κ3) is 1.03. The van der Waals surface area contributed by atoms with Crippen LogP contribution in [0.2, 0.25) is 0 Å². The van der Waals surface area contributed by atoms with E-state index in [9.17, 15) is 0 Å². The van der Waals surface area contributed by atoms with Crippen LogP contribution in [0.1, 0.15) is 39.0 Å². The van der Waals surface area contributed by atoms with Crippen LogP contribution in [0, 0.1) is 29.1 Å². The van der Waals surface area contributed by atoms with E-state index in [1.807, 2.05) is 0 Å². The first-order valence-corrected chi connectivity index (χ1v) is 5.92. The van der Waals surface area contributed by atoms with Gasteiger partial charge >= 0.3 is 0 Å². The van der Waals surface area contributed by atoms with Gasteiger partial charge in [0.05, 0.1) is 0 Å². The second-order valence-corrected chi connectivity index (χ2v) is 6.09. The summed E-state index contributed by atoms with van der Waals surface area (Å²) >= 11 is 0. The molecular formula is C12H21N. The Hall–Kier alpha value is -0.0400. The van der Waals surface area contributed by atoms with Gasteiger partial charge in [-0.2, -0.15) is 0 Å². The van der Waals surface area contributed by atoms with E-state index >= 15 is 0 Å². The quantitative estimate of drug-likeness (QED) is 0.657. The maximum Gasteiger partial charge on any atom is -0.00231 e. The summed E-state index contributed by atoms with van der Waals surface area (Å²) in [5.41, 5.74) is 6.39. The van der Waals surface area contributed by atoms with E-state index in [2.05, 4.69) is 6.92 Å². The lowest BCUT2D eigenvalue weighted by Crippen LogP contribution is -2.51. The fraction of sp³-hybridized carbons (Fsp3) is 1.00. The smallest absolute Gasteiger partial charge is 0.00231 e. The Balaban J connectivity index is 1.77. The molecule has 3 aliphatic carbocycles. The standard InChI is InChI=1S/C12H21N/c1-12(7-13)3-2-8-4-9-5-10(6-12)11(8)9/h8-11H,2-7,13H2,1H3. The highest BCUT2D eigenvalue weighted by Crippen LogP contribution is 2.64. The van der Waals surface area contributed by atoms with Crippen molar-refractivity contribution in [2.45, 2.75) is 39.0 Å². The third-order valence-electron chi connectivity index (χ3n) is 5.21. The molecular weight excluding hydrogens is 158 g/mol. The molecule has 1 heteroatoms. The van der Waals surface area contributed by atoms with Crippen LogP contribution >= 0.6 is 0 Å². The normalized spacial score (nSPS) is 58.6. The van der Waals surface area contributed by atoms with E-state index in [0.29, 0.717) is 5.41 Å². The predicted molar refractivity (Wildman–Crippen MR) is 54.2 cm³/mol. The van der Waals surface area contributed by atoms with E-state index < -0.39 is 0 Å². The van der Waals surface area contributed by atoms with Gasteiger partial charge in [0.1, 0.15) is 0 Å². The fourth-order valence-electron chi connectivity index (χ4n) is 4.25. The molecule has 3 saturated carbocycles. The minimum atomic E-state index is 0.493. The van der Waals surface area contributed by atoms with Gasteiger partial charge < -0.3 is 5.73 Å². The lowest BCUT2D eigenvalue weighted by Gasteiger charge is -2.58. The first kappa shape index (κ1) is 8.28. The zero-order chi connectivity index (χ0) is 9.05. The van der Waals surface area contributed by atoms with E-state index in [1.54, 1.807) is 6.42 Å². The molecule has 13 heavy (non-hydrogen) atoms. The molecule has 5 atom stereocenters. The molecule has 0 saturated heterocycles.